The summed E-state index contributed by atoms with van der Waals surface area (Å²) in [5.41, 5.74) is -0.343. The number of rotatable bonds is 3. The largest absolute Gasteiger partial charge is 0.419 e. The Labute approximate surface area is 131 Å². The van der Waals surface area contributed by atoms with Crippen LogP contribution in [0, 0.1) is 5.82 Å². The first-order chi connectivity index (χ1) is 9.77. The molecule has 0 fully saturated rings. The number of nitrogens with zero attached hydrogens (tertiary/aromatic N) is 1. The van der Waals surface area contributed by atoms with E-state index in [2.05, 4.69) is 26.2 Å². The van der Waals surface area contributed by atoms with Crippen molar-refractivity contribution in [1.29, 1.82) is 0 Å². The molecule has 1 aromatic heterocycles. The van der Waals surface area contributed by atoms with Crippen LogP contribution in [0.4, 0.5) is 23.4 Å². The van der Waals surface area contributed by atoms with Gasteiger partial charge in [0, 0.05) is 17.2 Å². The van der Waals surface area contributed by atoms with E-state index in [1.54, 1.807) is 0 Å². The van der Waals surface area contributed by atoms with E-state index in [4.69, 9.17) is 11.6 Å². The Morgan fingerprint density at radius 1 is 1.24 bits per heavy atom. The molecular weight excluding hydrogens is 376 g/mol. The molecule has 0 unspecified atom stereocenters. The molecule has 21 heavy (non-hydrogen) atoms. The van der Waals surface area contributed by atoms with E-state index in [0.717, 1.165) is 12.1 Å². The maximum atomic E-state index is 13.0. The Kier molecular flexibility index (Phi) is 4.73. The van der Waals surface area contributed by atoms with Crippen molar-refractivity contribution in [3.63, 3.8) is 0 Å². The second-order valence-electron chi connectivity index (χ2n) is 4.15. The molecule has 2 rings (SSSR count). The number of benzene rings is 1. The molecule has 0 bridgehead atoms. The van der Waals surface area contributed by atoms with Crippen molar-refractivity contribution in [2.75, 3.05) is 5.32 Å². The predicted molar refractivity (Wildman–Crippen MR) is 75.7 cm³/mol. The summed E-state index contributed by atoms with van der Waals surface area (Å²) >= 11 is 8.57. The summed E-state index contributed by atoms with van der Waals surface area (Å²) in [7, 11) is 0. The van der Waals surface area contributed by atoms with Crippen LogP contribution in [0.1, 0.15) is 11.1 Å². The Bertz CT molecular complexity index is 661. The van der Waals surface area contributed by atoms with Crippen LogP contribution in [0.25, 0.3) is 0 Å². The van der Waals surface area contributed by atoms with Crippen LogP contribution in [0.5, 0.6) is 0 Å². The lowest BCUT2D eigenvalue weighted by molar-refractivity contribution is -0.137. The molecule has 0 saturated heterocycles. The number of alkyl halides is 3. The van der Waals surface area contributed by atoms with Gasteiger partial charge < -0.3 is 5.32 Å². The highest BCUT2D eigenvalue weighted by molar-refractivity contribution is 9.10. The molecule has 0 saturated carbocycles. The molecular formula is C13H8BrClF4N2. The van der Waals surface area contributed by atoms with Gasteiger partial charge in [0.25, 0.3) is 0 Å². The van der Waals surface area contributed by atoms with Crippen LogP contribution in [-0.4, -0.2) is 4.98 Å². The fraction of sp³-hybridized carbons (Fsp3) is 0.154. The van der Waals surface area contributed by atoms with Crippen molar-refractivity contribution in [3.05, 3.63) is 56.9 Å². The summed E-state index contributed by atoms with van der Waals surface area (Å²) in [6, 6.07) is 4.86. The van der Waals surface area contributed by atoms with E-state index in [0.29, 0.717) is 5.56 Å². The van der Waals surface area contributed by atoms with Crippen molar-refractivity contribution in [1.82, 2.24) is 4.98 Å². The molecule has 0 radical (unpaired) electrons. The Morgan fingerprint density at radius 2 is 1.95 bits per heavy atom. The van der Waals surface area contributed by atoms with Crippen LogP contribution < -0.4 is 5.32 Å². The van der Waals surface area contributed by atoms with E-state index >= 15 is 0 Å². The lowest BCUT2D eigenvalue weighted by Gasteiger charge is -2.14. The zero-order chi connectivity index (χ0) is 15.6. The van der Waals surface area contributed by atoms with Gasteiger partial charge in [-0.1, -0.05) is 17.7 Å². The molecule has 2 aromatic rings. The van der Waals surface area contributed by atoms with E-state index in [9.17, 15) is 17.6 Å². The maximum absolute atomic E-state index is 13.0. The molecule has 0 aliphatic heterocycles. The first kappa shape index (κ1) is 16.0. The highest BCUT2D eigenvalue weighted by Gasteiger charge is 2.34. The molecule has 0 amide bonds. The van der Waals surface area contributed by atoms with Gasteiger partial charge in [-0.15, -0.1) is 0 Å². The zero-order valence-corrected chi connectivity index (χ0v) is 12.7. The Hall–Kier alpha value is -1.34. The second kappa shape index (κ2) is 6.19. The molecule has 0 aliphatic carbocycles. The number of halogens is 6. The van der Waals surface area contributed by atoms with Gasteiger partial charge >= 0.3 is 6.18 Å². The number of hydrogen-bond donors (Lipinski definition) is 1. The third-order valence-corrected chi connectivity index (χ3v) is 3.33. The number of aromatic nitrogens is 1. The minimum atomic E-state index is -4.53. The van der Waals surface area contributed by atoms with Crippen LogP contribution in [0.15, 0.2) is 34.9 Å². The van der Waals surface area contributed by atoms with Crippen molar-refractivity contribution in [2.24, 2.45) is 0 Å². The highest BCUT2D eigenvalue weighted by Crippen LogP contribution is 2.35. The Morgan fingerprint density at radius 3 is 2.57 bits per heavy atom. The summed E-state index contributed by atoms with van der Waals surface area (Å²) in [4.78, 5) is 3.71. The molecule has 0 atom stereocenters. The first-order valence-corrected chi connectivity index (χ1v) is 6.85. The standard InChI is InChI=1S/C13H8BrClF4N2/c14-8-4-9(13(17,18)19)12(21-6-8)20-5-7-1-2-11(16)10(15)3-7/h1-4,6H,5H2,(H,20,21). The van der Waals surface area contributed by atoms with Gasteiger partial charge in [0.15, 0.2) is 0 Å². The lowest BCUT2D eigenvalue weighted by atomic mass is 10.2. The topological polar surface area (TPSA) is 24.9 Å². The van der Waals surface area contributed by atoms with E-state index in [-0.39, 0.29) is 21.9 Å². The summed E-state index contributed by atoms with van der Waals surface area (Å²) < 4.78 is 51.9. The minimum absolute atomic E-state index is 0.0394. The average Bonchev–Trinajstić information content (AvgIpc) is 2.40. The number of anilines is 1. The first-order valence-electron chi connectivity index (χ1n) is 5.68. The van der Waals surface area contributed by atoms with Crippen molar-refractivity contribution in [2.45, 2.75) is 12.7 Å². The van der Waals surface area contributed by atoms with Crippen LogP contribution in [0.2, 0.25) is 5.02 Å². The van der Waals surface area contributed by atoms with Gasteiger partial charge in [0.2, 0.25) is 0 Å². The van der Waals surface area contributed by atoms with Gasteiger partial charge in [0.1, 0.15) is 11.6 Å². The SMILES string of the molecule is Fc1ccc(CNc2ncc(Br)cc2C(F)(F)F)cc1Cl. The lowest BCUT2D eigenvalue weighted by Crippen LogP contribution is -2.12. The van der Waals surface area contributed by atoms with Gasteiger partial charge in [-0.25, -0.2) is 9.37 Å². The molecule has 0 spiro atoms. The van der Waals surface area contributed by atoms with Gasteiger partial charge in [-0.2, -0.15) is 13.2 Å². The maximum Gasteiger partial charge on any atom is 0.419 e. The molecule has 8 heteroatoms. The van der Waals surface area contributed by atoms with Gasteiger partial charge in [-0.3, -0.25) is 0 Å². The van der Waals surface area contributed by atoms with Crippen molar-refractivity contribution >= 4 is 33.3 Å². The summed E-state index contributed by atoms with van der Waals surface area (Å²) in [6.07, 6.45) is -3.27. The average molecular weight is 384 g/mol. The van der Waals surface area contributed by atoms with Gasteiger partial charge in [0.05, 0.1) is 10.6 Å². The fourth-order valence-electron chi connectivity index (χ4n) is 1.63. The van der Waals surface area contributed by atoms with Crippen molar-refractivity contribution < 1.29 is 17.6 Å². The highest BCUT2D eigenvalue weighted by atomic mass is 79.9. The quantitative estimate of drug-likeness (QED) is 0.731. The van der Waals surface area contributed by atoms with Crippen LogP contribution in [-0.2, 0) is 12.7 Å². The summed E-state index contributed by atoms with van der Waals surface area (Å²) in [5.74, 6) is -0.885. The molecule has 1 N–H and O–H groups in total. The second-order valence-corrected chi connectivity index (χ2v) is 5.47. The third-order valence-electron chi connectivity index (χ3n) is 2.60. The van der Waals surface area contributed by atoms with Crippen LogP contribution in [0.3, 0.4) is 0 Å². The van der Waals surface area contributed by atoms with Crippen molar-refractivity contribution in [3.8, 4) is 0 Å². The Balaban J connectivity index is 2.22. The van der Waals surface area contributed by atoms with E-state index in [1.807, 2.05) is 0 Å². The van der Waals surface area contributed by atoms with Gasteiger partial charge in [-0.05, 0) is 39.7 Å². The molecule has 1 aromatic carbocycles. The third kappa shape index (κ3) is 4.07. The number of nitrogens with one attached hydrogen (secondary N) is 1. The molecule has 2 nitrogen and oxygen atoms in total. The summed E-state index contributed by atoms with van der Waals surface area (Å²) in [5, 5.41) is 2.49. The van der Waals surface area contributed by atoms with E-state index in [1.165, 1.54) is 18.3 Å². The van der Waals surface area contributed by atoms with E-state index < -0.39 is 17.6 Å². The molecule has 1 heterocycles. The smallest absolute Gasteiger partial charge is 0.365 e. The molecule has 0 aliphatic rings. The number of pyridine rings is 1. The zero-order valence-electron chi connectivity index (χ0n) is 10.3. The predicted octanol–water partition coefficient (Wildman–Crippen LogP) is 5.27. The van der Waals surface area contributed by atoms with Crippen LogP contribution >= 0.6 is 27.5 Å². The minimum Gasteiger partial charge on any atom is -0.365 e. The monoisotopic (exact) mass is 382 g/mol. The summed E-state index contributed by atoms with van der Waals surface area (Å²) in [6.45, 7) is 0.0394. The normalized spacial score (nSPS) is 11.5. The number of hydrogen-bond acceptors (Lipinski definition) is 2. The molecule has 112 valence electrons. The fourth-order valence-corrected chi connectivity index (χ4v) is 2.17.